The monoisotopic (exact) mass is 400 g/mol. The topological polar surface area (TPSA) is 41.1 Å². The quantitative estimate of drug-likeness (QED) is 0.527. The molecular weight excluding hydrogens is 376 g/mol. The van der Waals surface area contributed by atoms with Crippen LogP contribution in [0.25, 0.3) is 0 Å². The van der Waals surface area contributed by atoms with Crippen molar-refractivity contribution < 1.29 is 4.79 Å². The number of allylic oxidation sites excluding steroid dienone is 1. The number of aryl methyl sites for hydroxylation is 2. The van der Waals surface area contributed by atoms with E-state index in [-0.39, 0.29) is 17.7 Å². The minimum absolute atomic E-state index is 0.141. The number of fused-ring (bicyclic) bond motifs is 1. The van der Waals surface area contributed by atoms with E-state index in [1.165, 1.54) is 21.6 Å². The molecule has 4 heteroatoms. The number of hydrogen-bond donors (Lipinski definition) is 2. The smallest absolute Gasteiger partial charge is 0.163 e. The Hall–Kier alpha value is -2.85. The van der Waals surface area contributed by atoms with Crippen molar-refractivity contribution in [3.8, 4) is 0 Å². The minimum atomic E-state index is -0.141. The number of benzene rings is 2. The zero-order valence-electron chi connectivity index (χ0n) is 16.7. The number of Topliss-reactive ketones (excluding diaryl/α,β-unsaturated/α-hetero) is 1. The van der Waals surface area contributed by atoms with Gasteiger partial charge < -0.3 is 10.6 Å². The number of carbonyl (C=O) groups is 1. The van der Waals surface area contributed by atoms with Gasteiger partial charge in [0.1, 0.15) is 0 Å². The maximum absolute atomic E-state index is 13.5. The largest absolute Gasteiger partial charge is 0.372 e. The highest BCUT2D eigenvalue weighted by molar-refractivity contribution is 7.10. The summed E-state index contributed by atoms with van der Waals surface area (Å²) in [6.07, 6.45) is 1.43. The second-order valence-electron chi connectivity index (χ2n) is 8.04. The molecule has 2 aliphatic rings. The van der Waals surface area contributed by atoms with Gasteiger partial charge in [0, 0.05) is 28.5 Å². The third-order valence-electron chi connectivity index (χ3n) is 6.00. The molecule has 2 N–H and O–H groups in total. The molecule has 1 aliphatic carbocycles. The van der Waals surface area contributed by atoms with Crippen LogP contribution in [-0.2, 0) is 4.79 Å². The number of hydrogen-bond acceptors (Lipinski definition) is 4. The SMILES string of the molecule is Cc1ccc(C)c([C@@H]2Nc3ccccc3NC3=C2C(=O)C[C@H](c2cccs2)C3)c1. The third kappa shape index (κ3) is 3.28. The molecule has 3 nitrogen and oxygen atoms in total. The van der Waals surface area contributed by atoms with Crippen molar-refractivity contribution >= 4 is 28.5 Å². The highest BCUT2D eigenvalue weighted by Crippen LogP contribution is 2.45. The lowest BCUT2D eigenvalue weighted by atomic mass is 9.80. The average Bonchev–Trinajstić information content (AvgIpc) is 3.19. The van der Waals surface area contributed by atoms with Gasteiger partial charge in [-0.25, -0.2) is 0 Å². The number of carbonyl (C=O) groups excluding carboxylic acids is 1. The molecule has 0 saturated heterocycles. The molecule has 0 unspecified atom stereocenters. The average molecular weight is 401 g/mol. The molecule has 1 aliphatic heterocycles. The van der Waals surface area contributed by atoms with Crippen LogP contribution in [0.5, 0.6) is 0 Å². The van der Waals surface area contributed by atoms with Gasteiger partial charge in [-0.2, -0.15) is 0 Å². The van der Waals surface area contributed by atoms with Crippen molar-refractivity contribution in [1.82, 2.24) is 0 Å². The van der Waals surface area contributed by atoms with E-state index in [0.29, 0.717) is 6.42 Å². The fourth-order valence-corrected chi connectivity index (χ4v) is 5.35. The summed E-state index contributed by atoms with van der Waals surface area (Å²) in [7, 11) is 0. The number of rotatable bonds is 2. The lowest BCUT2D eigenvalue weighted by Crippen LogP contribution is -2.27. The summed E-state index contributed by atoms with van der Waals surface area (Å²) in [6, 6.07) is 18.8. The van der Waals surface area contributed by atoms with Crippen LogP contribution in [0.4, 0.5) is 11.4 Å². The van der Waals surface area contributed by atoms with E-state index < -0.39 is 0 Å². The molecule has 146 valence electrons. The first-order chi connectivity index (χ1) is 14.1. The van der Waals surface area contributed by atoms with Gasteiger partial charge in [0.2, 0.25) is 0 Å². The zero-order valence-corrected chi connectivity index (χ0v) is 17.5. The molecule has 2 aromatic carbocycles. The van der Waals surface area contributed by atoms with Crippen LogP contribution in [-0.4, -0.2) is 5.78 Å². The van der Waals surface area contributed by atoms with Gasteiger partial charge in [0.15, 0.2) is 5.78 Å². The first-order valence-corrected chi connectivity index (χ1v) is 11.0. The first kappa shape index (κ1) is 18.2. The lowest BCUT2D eigenvalue weighted by Gasteiger charge is -2.30. The maximum atomic E-state index is 13.5. The zero-order chi connectivity index (χ0) is 20.0. The first-order valence-electron chi connectivity index (χ1n) is 10.1. The Morgan fingerprint density at radius 2 is 1.79 bits per heavy atom. The van der Waals surface area contributed by atoms with E-state index in [1.54, 1.807) is 11.3 Å². The van der Waals surface area contributed by atoms with E-state index in [4.69, 9.17) is 0 Å². The van der Waals surface area contributed by atoms with E-state index >= 15 is 0 Å². The van der Waals surface area contributed by atoms with Crippen molar-refractivity contribution in [3.63, 3.8) is 0 Å². The minimum Gasteiger partial charge on any atom is -0.372 e. The van der Waals surface area contributed by atoms with Gasteiger partial charge in [-0.15, -0.1) is 11.3 Å². The molecule has 1 aromatic heterocycles. The summed E-state index contributed by atoms with van der Waals surface area (Å²) in [4.78, 5) is 14.8. The van der Waals surface area contributed by atoms with Gasteiger partial charge in [-0.05, 0) is 55.0 Å². The summed E-state index contributed by atoms with van der Waals surface area (Å²) >= 11 is 1.75. The number of anilines is 2. The normalized spacial score (nSPS) is 21.0. The van der Waals surface area contributed by atoms with Crippen molar-refractivity contribution in [2.24, 2.45) is 0 Å². The Morgan fingerprint density at radius 1 is 0.966 bits per heavy atom. The van der Waals surface area contributed by atoms with E-state index in [2.05, 4.69) is 72.3 Å². The van der Waals surface area contributed by atoms with Gasteiger partial charge >= 0.3 is 0 Å². The van der Waals surface area contributed by atoms with E-state index in [0.717, 1.165) is 29.1 Å². The van der Waals surface area contributed by atoms with Crippen molar-refractivity contribution in [3.05, 3.63) is 92.8 Å². The van der Waals surface area contributed by atoms with Crippen molar-refractivity contribution in [2.75, 3.05) is 10.6 Å². The Kier molecular flexibility index (Phi) is 4.51. The Morgan fingerprint density at radius 3 is 2.59 bits per heavy atom. The fraction of sp³-hybridized carbons (Fsp3) is 0.240. The predicted octanol–water partition coefficient (Wildman–Crippen LogP) is 6.34. The summed E-state index contributed by atoms with van der Waals surface area (Å²) in [5.41, 5.74) is 7.61. The Bertz CT molecular complexity index is 1110. The highest BCUT2D eigenvalue weighted by Gasteiger charge is 2.36. The van der Waals surface area contributed by atoms with Crippen LogP contribution >= 0.6 is 11.3 Å². The molecule has 0 amide bonds. The summed E-state index contributed by atoms with van der Waals surface area (Å²) in [5, 5.41) is 9.40. The molecule has 0 bridgehead atoms. The van der Waals surface area contributed by atoms with Crippen LogP contribution in [0.15, 0.2) is 71.2 Å². The van der Waals surface area contributed by atoms with Crippen LogP contribution in [0.3, 0.4) is 0 Å². The fourth-order valence-electron chi connectivity index (χ4n) is 4.52. The van der Waals surface area contributed by atoms with Gasteiger partial charge in [-0.1, -0.05) is 42.0 Å². The lowest BCUT2D eigenvalue weighted by molar-refractivity contribution is -0.116. The molecule has 5 rings (SSSR count). The number of nitrogens with one attached hydrogen (secondary N) is 2. The van der Waals surface area contributed by atoms with Crippen LogP contribution in [0.2, 0.25) is 0 Å². The number of thiophene rings is 1. The molecule has 2 heterocycles. The standard InChI is InChI=1S/C25H24N2OS/c1-15-9-10-16(2)18(12-15)25-24-21(26-19-6-3-4-7-20(19)27-25)13-17(14-22(24)28)23-8-5-11-29-23/h3-12,17,25-27H,13-14H2,1-2H3/t17-,25+/m1/s1. The molecule has 3 aromatic rings. The molecule has 0 radical (unpaired) electrons. The Labute approximate surface area is 175 Å². The van der Waals surface area contributed by atoms with Crippen molar-refractivity contribution in [1.29, 1.82) is 0 Å². The number of para-hydroxylation sites is 2. The van der Waals surface area contributed by atoms with Crippen LogP contribution in [0, 0.1) is 13.8 Å². The van der Waals surface area contributed by atoms with Gasteiger partial charge in [-0.3, -0.25) is 4.79 Å². The maximum Gasteiger partial charge on any atom is 0.163 e. The predicted molar refractivity (Wildman–Crippen MR) is 121 cm³/mol. The molecule has 0 spiro atoms. The van der Waals surface area contributed by atoms with Gasteiger partial charge in [0.25, 0.3) is 0 Å². The molecule has 29 heavy (non-hydrogen) atoms. The second-order valence-corrected chi connectivity index (χ2v) is 9.02. The number of ketones is 1. The molecule has 0 saturated carbocycles. The third-order valence-corrected chi connectivity index (χ3v) is 7.04. The Balaban J connectivity index is 1.66. The molecular formula is C25H24N2OS. The summed E-state index contributed by atoms with van der Waals surface area (Å²) in [6.45, 7) is 4.24. The van der Waals surface area contributed by atoms with E-state index in [1.807, 2.05) is 12.1 Å². The van der Waals surface area contributed by atoms with Crippen LogP contribution < -0.4 is 10.6 Å². The van der Waals surface area contributed by atoms with Crippen molar-refractivity contribution in [2.45, 2.75) is 38.6 Å². The molecule has 2 atom stereocenters. The van der Waals surface area contributed by atoms with Gasteiger partial charge in [0.05, 0.1) is 17.4 Å². The highest BCUT2D eigenvalue weighted by atomic mass is 32.1. The molecule has 0 fully saturated rings. The summed E-state index contributed by atoms with van der Waals surface area (Å²) in [5.74, 6) is 0.488. The second kappa shape index (κ2) is 7.20. The van der Waals surface area contributed by atoms with Crippen LogP contribution in [0.1, 0.15) is 46.4 Å². The van der Waals surface area contributed by atoms with E-state index in [9.17, 15) is 4.79 Å². The summed E-state index contributed by atoms with van der Waals surface area (Å²) < 4.78 is 0.